The lowest BCUT2D eigenvalue weighted by molar-refractivity contribution is -0.128. The quantitative estimate of drug-likeness (QED) is 0.188. The topological polar surface area (TPSA) is 137 Å². The second-order valence-corrected chi connectivity index (χ2v) is 13.3. The number of sulfonamides is 2. The first-order chi connectivity index (χ1) is 18.5. The third-order valence-electron chi connectivity index (χ3n) is 5.89. The van der Waals surface area contributed by atoms with Gasteiger partial charge < -0.3 is 14.2 Å². The third-order valence-corrected chi connectivity index (χ3v) is 10.4. The van der Waals surface area contributed by atoms with Gasteiger partial charge in [-0.1, -0.05) is 0 Å². The molecule has 0 saturated carbocycles. The molecule has 0 N–H and O–H groups in total. The van der Waals surface area contributed by atoms with E-state index < -0.39 is 25.3 Å². The van der Waals surface area contributed by atoms with Crippen molar-refractivity contribution in [1.29, 1.82) is 0 Å². The molecule has 0 atom stereocenters. The summed E-state index contributed by atoms with van der Waals surface area (Å²) in [4.78, 5) is 21.3. The predicted octanol–water partition coefficient (Wildman–Crippen LogP) is 3.19. The highest BCUT2D eigenvalue weighted by Crippen LogP contribution is 2.29. The Balaban J connectivity index is 0.000000400. The molecule has 0 aliphatic carbocycles. The highest BCUT2D eigenvalue weighted by Gasteiger charge is 2.26. The number of carbonyl (C=O) groups excluding carboxylic acids is 2. The number of aryl methyl sites for hydroxylation is 4. The molecule has 11 nitrogen and oxygen atoms in total. The van der Waals surface area contributed by atoms with Crippen LogP contribution in [0.5, 0.6) is 11.5 Å². The zero-order valence-electron chi connectivity index (χ0n) is 24.0. The highest BCUT2D eigenvalue weighted by atomic mass is 35.5. The summed E-state index contributed by atoms with van der Waals surface area (Å²) in [5, 5.41) is -0.560. The van der Waals surface area contributed by atoms with Crippen molar-refractivity contribution in [2.45, 2.75) is 43.9 Å². The van der Waals surface area contributed by atoms with Crippen LogP contribution < -0.4 is 9.47 Å². The summed E-state index contributed by atoms with van der Waals surface area (Å²) in [7, 11) is -1.34. The fourth-order valence-corrected chi connectivity index (χ4v) is 7.11. The van der Waals surface area contributed by atoms with E-state index >= 15 is 0 Å². The summed E-state index contributed by atoms with van der Waals surface area (Å²) >= 11 is 5.24. The summed E-state index contributed by atoms with van der Waals surface area (Å²) in [5.41, 5.74) is 2.44. The van der Waals surface area contributed by atoms with E-state index in [1.807, 2.05) is 0 Å². The van der Waals surface area contributed by atoms with Gasteiger partial charge in [0.1, 0.15) is 18.1 Å². The number of carbonyl (C=O) groups is 2. The van der Waals surface area contributed by atoms with Crippen molar-refractivity contribution in [2.75, 3.05) is 48.0 Å². The highest BCUT2D eigenvalue weighted by molar-refractivity contribution is 7.89. The molecule has 40 heavy (non-hydrogen) atoms. The molecule has 0 aliphatic heterocycles. The molecule has 0 aromatic heterocycles. The lowest BCUT2D eigenvalue weighted by Crippen LogP contribution is -2.31. The van der Waals surface area contributed by atoms with Gasteiger partial charge in [-0.2, -0.15) is 4.31 Å². The summed E-state index contributed by atoms with van der Waals surface area (Å²) in [6.07, 6.45) is -0.0223. The minimum absolute atomic E-state index is 0.0213. The van der Waals surface area contributed by atoms with E-state index in [0.717, 1.165) is 8.61 Å². The van der Waals surface area contributed by atoms with E-state index in [-0.39, 0.29) is 35.9 Å². The molecule has 14 heteroatoms. The molecule has 0 spiro atoms. The van der Waals surface area contributed by atoms with Crippen LogP contribution in [-0.2, 0) is 34.4 Å². The van der Waals surface area contributed by atoms with Gasteiger partial charge in [-0.05, 0) is 85.8 Å². The van der Waals surface area contributed by atoms with E-state index in [2.05, 4.69) is 4.74 Å². The van der Waals surface area contributed by atoms with Gasteiger partial charge >= 0.3 is 0 Å². The average Bonchev–Trinajstić information content (AvgIpc) is 2.86. The van der Waals surface area contributed by atoms with Crippen molar-refractivity contribution in [3.05, 3.63) is 46.5 Å². The van der Waals surface area contributed by atoms with E-state index in [9.17, 15) is 26.4 Å². The summed E-state index contributed by atoms with van der Waals surface area (Å²) in [6, 6.07) is 6.69. The summed E-state index contributed by atoms with van der Waals surface area (Å²) in [6.45, 7) is 7.33. The minimum atomic E-state index is -3.65. The molecule has 0 radical (unpaired) electrons. The molecule has 0 unspecified atom stereocenters. The number of hydrogen-bond acceptors (Lipinski definition) is 9. The lowest BCUT2D eigenvalue weighted by atomic mass is 10.1. The number of nitrogens with zero attached hydrogens (tertiary/aromatic N) is 2. The molecule has 0 heterocycles. The Morgan fingerprint density at radius 2 is 1.12 bits per heavy atom. The number of ether oxygens (including phenoxy) is 3. The van der Waals surface area contributed by atoms with Crippen molar-refractivity contribution in [3.63, 3.8) is 0 Å². The fraction of sp³-hybridized carbons (Fsp3) is 0.462. The van der Waals surface area contributed by atoms with Crippen LogP contribution in [0, 0.1) is 27.7 Å². The van der Waals surface area contributed by atoms with Gasteiger partial charge in [0.05, 0.1) is 24.0 Å². The van der Waals surface area contributed by atoms with Gasteiger partial charge in [0.2, 0.25) is 25.3 Å². The van der Waals surface area contributed by atoms with E-state index in [4.69, 9.17) is 21.1 Å². The Bertz CT molecular complexity index is 1370. The Labute approximate surface area is 242 Å². The normalized spacial score (nSPS) is 11.6. The Morgan fingerprint density at radius 1 is 0.775 bits per heavy atom. The molecule has 2 aromatic carbocycles. The molecule has 224 valence electrons. The van der Waals surface area contributed by atoms with Crippen LogP contribution in [0.2, 0.25) is 0 Å². The maximum absolute atomic E-state index is 12.5. The molecule has 0 fully saturated rings. The first-order valence-corrected chi connectivity index (χ1v) is 15.3. The summed E-state index contributed by atoms with van der Waals surface area (Å²) < 4.78 is 67.1. The van der Waals surface area contributed by atoms with Crippen LogP contribution in [0.15, 0.2) is 34.1 Å². The molecule has 0 saturated heterocycles. The lowest BCUT2D eigenvalue weighted by Gasteiger charge is -2.20. The molecular formula is C26H37ClN2O9S2. The van der Waals surface area contributed by atoms with Crippen LogP contribution in [0.3, 0.4) is 0 Å². The first kappa shape index (κ1) is 35.3. The Kier molecular flexibility index (Phi) is 13.5. The van der Waals surface area contributed by atoms with Crippen molar-refractivity contribution in [3.8, 4) is 11.5 Å². The third kappa shape index (κ3) is 9.16. The molecule has 0 bridgehead atoms. The van der Waals surface area contributed by atoms with Gasteiger partial charge in [-0.25, -0.2) is 21.1 Å². The molecule has 2 rings (SSSR count). The van der Waals surface area contributed by atoms with Gasteiger partial charge in [0.25, 0.3) is 6.47 Å². The van der Waals surface area contributed by atoms with Gasteiger partial charge in [0.15, 0.2) is 0 Å². The van der Waals surface area contributed by atoms with Gasteiger partial charge in [-0.3, -0.25) is 9.59 Å². The van der Waals surface area contributed by atoms with E-state index in [0.29, 0.717) is 40.2 Å². The van der Waals surface area contributed by atoms with E-state index in [1.165, 1.54) is 28.3 Å². The van der Waals surface area contributed by atoms with Gasteiger partial charge in [-0.15, -0.1) is 0 Å². The maximum Gasteiger partial charge on any atom is 0.293 e. The second kappa shape index (κ2) is 15.3. The largest absolute Gasteiger partial charge is 0.497 e. The average molecular weight is 621 g/mol. The van der Waals surface area contributed by atoms with Gasteiger partial charge in [0, 0.05) is 33.6 Å². The van der Waals surface area contributed by atoms with Crippen molar-refractivity contribution in [1.82, 2.24) is 8.61 Å². The number of methoxy groups -OCH3 is 2. The monoisotopic (exact) mass is 620 g/mol. The second-order valence-electron chi connectivity index (χ2n) is 8.91. The number of likely N-dealkylation sites (N-methyl/N-ethyl adjacent to an activating group) is 1. The first-order valence-electron chi connectivity index (χ1n) is 12.0. The zero-order chi connectivity index (χ0) is 30.8. The van der Waals surface area contributed by atoms with Crippen LogP contribution in [0.1, 0.15) is 28.7 Å². The molecular weight excluding hydrogens is 584 g/mol. The standard InChI is InChI=1S/C13H18ClNO4S.C13H19NO5S/c1-9-7-11(19-4)8-10(2)13(9)20(17,18)15(3)6-5-12(14)16;1-10-7-12(18-4)8-11(2)13(10)20(16,17)14(3)5-6-19-9-15/h7-8H,5-6H2,1-4H3;7-9H,5-6H2,1-4H3. The molecule has 2 aromatic rings. The summed E-state index contributed by atoms with van der Waals surface area (Å²) in [5.74, 6) is 1.23. The number of benzene rings is 2. The van der Waals surface area contributed by atoms with Crippen molar-refractivity contribution >= 4 is 43.4 Å². The zero-order valence-corrected chi connectivity index (χ0v) is 26.4. The number of halogens is 1. The van der Waals surface area contributed by atoms with E-state index in [1.54, 1.807) is 52.0 Å². The maximum atomic E-state index is 12.5. The Morgan fingerprint density at radius 3 is 1.43 bits per heavy atom. The SMILES string of the molecule is COc1cc(C)c(S(=O)(=O)N(C)CCC(=O)Cl)c(C)c1.COc1cc(C)c(S(=O)(=O)N(C)CCOC=O)c(C)c1. The van der Waals surface area contributed by atoms with Crippen LogP contribution in [-0.4, -0.2) is 85.2 Å². The van der Waals surface area contributed by atoms with Crippen molar-refractivity contribution in [2.24, 2.45) is 0 Å². The smallest absolute Gasteiger partial charge is 0.293 e. The minimum Gasteiger partial charge on any atom is -0.497 e. The number of hydrogen-bond donors (Lipinski definition) is 0. The molecule has 0 amide bonds. The predicted molar refractivity (Wildman–Crippen MR) is 152 cm³/mol. The van der Waals surface area contributed by atoms with Crippen LogP contribution in [0.25, 0.3) is 0 Å². The van der Waals surface area contributed by atoms with Crippen LogP contribution in [0.4, 0.5) is 0 Å². The molecule has 0 aliphatic rings. The van der Waals surface area contributed by atoms with Crippen molar-refractivity contribution < 1.29 is 40.6 Å². The fourth-order valence-electron chi connectivity index (χ4n) is 3.90. The number of rotatable bonds is 13. The Hall–Kier alpha value is -2.71. The van der Waals surface area contributed by atoms with Crippen LogP contribution >= 0.6 is 11.6 Å².